The van der Waals surface area contributed by atoms with Crippen molar-refractivity contribution in [2.45, 2.75) is 6.42 Å². The summed E-state index contributed by atoms with van der Waals surface area (Å²) in [6, 6.07) is 12.2. The number of halogens is 1. The molecule has 0 N–H and O–H groups in total. The Morgan fingerprint density at radius 2 is 1.84 bits per heavy atom. The second-order valence-electron chi connectivity index (χ2n) is 6.07. The van der Waals surface area contributed by atoms with Crippen LogP contribution >= 0.6 is 15.9 Å². The fourth-order valence-corrected chi connectivity index (χ4v) is 3.47. The lowest BCUT2D eigenvalue weighted by Gasteiger charge is -2.36. The van der Waals surface area contributed by atoms with Gasteiger partial charge in [0, 0.05) is 62.7 Å². The summed E-state index contributed by atoms with van der Waals surface area (Å²) in [6.45, 7) is 5.19. The summed E-state index contributed by atoms with van der Waals surface area (Å²) in [6.07, 6.45) is 0.948. The van der Waals surface area contributed by atoms with Gasteiger partial charge in [0.1, 0.15) is 5.75 Å². The van der Waals surface area contributed by atoms with Gasteiger partial charge in [0.25, 0.3) is 0 Å². The molecule has 25 heavy (non-hydrogen) atoms. The molecule has 0 radical (unpaired) electrons. The SMILES string of the molecule is COc1cccc(CCN2CCN(c3ccc(Br)c(OC)c3)CC2)n1. The number of methoxy groups -OCH3 is 2. The average molecular weight is 406 g/mol. The first-order chi connectivity index (χ1) is 12.2. The van der Waals surface area contributed by atoms with Crippen LogP contribution in [0.3, 0.4) is 0 Å². The van der Waals surface area contributed by atoms with E-state index in [9.17, 15) is 0 Å². The first-order valence-corrected chi connectivity index (χ1v) is 9.29. The maximum atomic E-state index is 5.40. The lowest BCUT2D eigenvalue weighted by atomic mass is 10.2. The fourth-order valence-electron chi connectivity index (χ4n) is 3.06. The highest BCUT2D eigenvalue weighted by molar-refractivity contribution is 9.10. The molecule has 5 nitrogen and oxygen atoms in total. The first-order valence-electron chi connectivity index (χ1n) is 8.50. The van der Waals surface area contributed by atoms with Gasteiger partial charge in [0.05, 0.1) is 18.7 Å². The number of anilines is 1. The standard InChI is InChI=1S/C19H24BrN3O2/c1-24-18-14-16(6-7-17(18)20)23-12-10-22(11-13-23)9-8-15-4-3-5-19(21-15)25-2/h3-7,14H,8-13H2,1-2H3. The van der Waals surface area contributed by atoms with Gasteiger partial charge in [-0.25, -0.2) is 4.98 Å². The highest BCUT2D eigenvalue weighted by Crippen LogP contribution is 2.30. The van der Waals surface area contributed by atoms with Crippen LogP contribution in [0.25, 0.3) is 0 Å². The zero-order chi connectivity index (χ0) is 17.6. The molecule has 1 aliphatic rings. The van der Waals surface area contributed by atoms with Gasteiger partial charge < -0.3 is 14.4 Å². The second kappa shape index (κ2) is 8.54. The van der Waals surface area contributed by atoms with E-state index in [1.807, 2.05) is 12.1 Å². The van der Waals surface area contributed by atoms with Crippen molar-refractivity contribution in [1.82, 2.24) is 9.88 Å². The molecule has 2 aromatic rings. The van der Waals surface area contributed by atoms with Gasteiger partial charge in [-0.3, -0.25) is 4.90 Å². The Bertz CT molecular complexity index is 703. The zero-order valence-electron chi connectivity index (χ0n) is 14.7. The Morgan fingerprint density at radius 1 is 1.04 bits per heavy atom. The number of hydrogen-bond donors (Lipinski definition) is 0. The smallest absolute Gasteiger partial charge is 0.213 e. The fraction of sp³-hybridized carbons (Fsp3) is 0.421. The molecule has 134 valence electrons. The topological polar surface area (TPSA) is 37.8 Å². The van der Waals surface area contributed by atoms with Crippen molar-refractivity contribution in [3.63, 3.8) is 0 Å². The summed E-state index contributed by atoms with van der Waals surface area (Å²) >= 11 is 3.51. The third kappa shape index (κ3) is 4.64. The third-order valence-electron chi connectivity index (χ3n) is 4.55. The Labute approximate surface area is 157 Å². The summed E-state index contributed by atoms with van der Waals surface area (Å²) in [7, 11) is 3.36. The number of hydrogen-bond acceptors (Lipinski definition) is 5. The molecule has 3 rings (SSSR count). The molecule has 0 amide bonds. The van der Waals surface area contributed by atoms with Crippen molar-refractivity contribution in [2.75, 3.05) is 51.8 Å². The van der Waals surface area contributed by atoms with Crippen LogP contribution in [0.5, 0.6) is 11.6 Å². The summed E-state index contributed by atoms with van der Waals surface area (Å²) in [5.41, 5.74) is 2.30. The number of piperazine rings is 1. The summed E-state index contributed by atoms with van der Waals surface area (Å²) in [4.78, 5) is 9.39. The van der Waals surface area contributed by atoms with Crippen LogP contribution in [0.4, 0.5) is 5.69 Å². The summed E-state index contributed by atoms with van der Waals surface area (Å²) < 4.78 is 11.6. The van der Waals surface area contributed by atoms with Gasteiger partial charge in [-0.2, -0.15) is 0 Å². The molecule has 1 aliphatic heterocycles. The lowest BCUT2D eigenvalue weighted by Crippen LogP contribution is -2.47. The quantitative estimate of drug-likeness (QED) is 0.737. The van der Waals surface area contributed by atoms with Crippen molar-refractivity contribution in [3.8, 4) is 11.6 Å². The molecule has 0 aliphatic carbocycles. The van der Waals surface area contributed by atoms with E-state index in [1.54, 1.807) is 14.2 Å². The van der Waals surface area contributed by atoms with Crippen molar-refractivity contribution >= 4 is 21.6 Å². The van der Waals surface area contributed by atoms with Gasteiger partial charge in [0.2, 0.25) is 5.88 Å². The van der Waals surface area contributed by atoms with E-state index in [0.29, 0.717) is 5.88 Å². The molecule has 2 heterocycles. The summed E-state index contributed by atoms with van der Waals surface area (Å²) in [5, 5.41) is 0. The number of pyridine rings is 1. The number of benzene rings is 1. The van der Waals surface area contributed by atoms with Gasteiger partial charge in [-0.1, -0.05) is 6.07 Å². The molecule has 0 bridgehead atoms. The van der Waals surface area contributed by atoms with E-state index in [1.165, 1.54) is 5.69 Å². The normalized spacial score (nSPS) is 15.2. The van der Waals surface area contributed by atoms with E-state index in [0.717, 1.165) is 55.1 Å². The molecule has 1 aromatic carbocycles. The first kappa shape index (κ1) is 18.0. The summed E-state index contributed by atoms with van der Waals surface area (Å²) in [5.74, 6) is 1.57. The van der Waals surface area contributed by atoms with E-state index < -0.39 is 0 Å². The van der Waals surface area contributed by atoms with Crippen LogP contribution in [0, 0.1) is 0 Å². The van der Waals surface area contributed by atoms with Crippen LogP contribution in [0.1, 0.15) is 5.69 Å². The zero-order valence-corrected chi connectivity index (χ0v) is 16.3. The number of rotatable bonds is 6. The van der Waals surface area contributed by atoms with Crippen molar-refractivity contribution < 1.29 is 9.47 Å². The van der Waals surface area contributed by atoms with Gasteiger partial charge in [-0.05, 0) is 34.1 Å². The molecule has 6 heteroatoms. The second-order valence-corrected chi connectivity index (χ2v) is 6.92. The molecule has 0 saturated carbocycles. The van der Waals surface area contributed by atoms with Crippen LogP contribution in [0.15, 0.2) is 40.9 Å². The Morgan fingerprint density at radius 3 is 2.56 bits per heavy atom. The Kier molecular flexibility index (Phi) is 6.15. The van der Waals surface area contributed by atoms with Crippen LogP contribution in [-0.2, 0) is 6.42 Å². The van der Waals surface area contributed by atoms with E-state index in [4.69, 9.17) is 9.47 Å². The van der Waals surface area contributed by atoms with E-state index in [-0.39, 0.29) is 0 Å². The molecule has 1 saturated heterocycles. The highest BCUT2D eigenvalue weighted by atomic mass is 79.9. The predicted molar refractivity (Wildman–Crippen MR) is 104 cm³/mol. The lowest BCUT2D eigenvalue weighted by molar-refractivity contribution is 0.260. The molecule has 1 fully saturated rings. The number of nitrogens with zero attached hydrogens (tertiary/aromatic N) is 3. The molecule has 0 spiro atoms. The highest BCUT2D eigenvalue weighted by Gasteiger charge is 2.18. The van der Waals surface area contributed by atoms with Crippen molar-refractivity contribution in [2.24, 2.45) is 0 Å². The third-order valence-corrected chi connectivity index (χ3v) is 5.20. The average Bonchev–Trinajstić information content (AvgIpc) is 2.67. The van der Waals surface area contributed by atoms with Crippen molar-refractivity contribution in [1.29, 1.82) is 0 Å². The number of ether oxygens (including phenoxy) is 2. The van der Waals surface area contributed by atoms with Crippen molar-refractivity contribution in [3.05, 3.63) is 46.6 Å². The van der Waals surface area contributed by atoms with Crippen LogP contribution in [-0.4, -0.2) is 56.8 Å². The molecular weight excluding hydrogens is 382 g/mol. The maximum Gasteiger partial charge on any atom is 0.213 e. The minimum atomic E-state index is 0.687. The Hall–Kier alpha value is -1.79. The minimum absolute atomic E-state index is 0.687. The van der Waals surface area contributed by atoms with E-state index in [2.05, 4.69) is 55.0 Å². The monoisotopic (exact) mass is 405 g/mol. The van der Waals surface area contributed by atoms with E-state index >= 15 is 0 Å². The van der Waals surface area contributed by atoms with Crippen LogP contribution < -0.4 is 14.4 Å². The largest absolute Gasteiger partial charge is 0.495 e. The molecular formula is C19H24BrN3O2. The maximum absolute atomic E-state index is 5.40. The van der Waals surface area contributed by atoms with Gasteiger partial charge in [-0.15, -0.1) is 0 Å². The molecule has 0 atom stereocenters. The van der Waals surface area contributed by atoms with Gasteiger partial charge in [0.15, 0.2) is 0 Å². The molecule has 1 aromatic heterocycles. The Balaban J connectivity index is 1.51. The van der Waals surface area contributed by atoms with Crippen LogP contribution in [0.2, 0.25) is 0 Å². The number of aromatic nitrogens is 1. The minimum Gasteiger partial charge on any atom is -0.495 e. The molecule has 0 unspecified atom stereocenters. The van der Waals surface area contributed by atoms with Gasteiger partial charge >= 0.3 is 0 Å². The predicted octanol–water partition coefficient (Wildman–Crippen LogP) is 3.23.